The number of allylic oxidation sites excluding steroid dienone is 4. The Kier molecular flexibility index (Phi) is 5.85. The number of hydrogen-bond donors (Lipinski definition) is 0. The Labute approximate surface area is 170 Å². The summed E-state index contributed by atoms with van der Waals surface area (Å²) in [5.74, 6) is -0.109. The molecule has 0 aliphatic heterocycles. The lowest BCUT2D eigenvalue weighted by molar-refractivity contribution is -0.384. The van der Waals surface area contributed by atoms with Gasteiger partial charge in [-0.2, -0.15) is 8.42 Å². The first kappa shape index (κ1) is 22.5. The second kappa shape index (κ2) is 7.55. The average Bonchev–Trinajstić information content (AvgIpc) is 2.59. The summed E-state index contributed by atoms with van der Waals surface area (Å²) in [4.78, 5) is 22.7. The molecule has 9 heteroatoms. The molecule has 1 aliphatic rings. The predicted octanol–water partition coefficient (Wildman–Crippen LogP) is 4.18. The maximum absolute atomic E-state index is 12.9. The highest BCUT2D eigenvalue weighted by Crippen LogP contribution is 2.37. The molecule has 8 nitrogen and oxygen atoms in total. The van der Waals surface area contributed by atoms with Crippen molar-refractivity contribution < 1.29 is 22.4 Å². The van der Waals surface area contributed by atoms with Crippen molar-refractivity contribution in [1.82, 2.24) is 0 Å². The lowest BCUT2D eigenvalue weighted by atomic mass is 9.72. The number of ketones is 1. The molecule has 0 unspecified atom stereocenters. The lowest BCUT2D eigenvalue weighted by Crippen LogP contribution is -2.29. The van der Waals surface area contributed by atoms with Gasteiger partial charge in [0.15, 0.2) is 5.78 Å². The second-order valence-electron chi connectivity index (χ2n) is 8.74. The van der Waals surface area contributed by atoms with Gasteiger partial charge in [0.25, 0.3) is 5.69 Å². The van der Waals surface area contributed by atoms with E-state index in [4.69, 9.17) is 4.28 Å². The molecule has 156 valence electrons. The zero-order valence-electron chi connectivity index (χ0n) is 17.2. The topological polar surface area (TPSA) is 116 Å². The number of rotatable bonds is 4. The van der Waals surface area contributed by atoms with E-state index < -0.39 is 25.9 Å². The Morgan fingerprint density at radius 3 is 1.76 bits per heavy atom. The number of nitro benzene ring substituents is 1. The van der Waals surface area contributed by atoms with Crippen molar-refractivity contribution in [1.29, 1.82) is 0 Å². The van der Waals surface area contributed by atoms with Crippen LogP contribution in [0.15, 0.2) is 57.6 Å². The van der Waals surface area contributed by atoms with E-state index in [-0.39, 0.29) is 22.1 Å². The van der Waals surface area contributed by atoms with Crippen LogP contribution < -0.4 is 0 Å². The van der Waals surface area contributed by atoms with Gasteiger partial charge in [0.05, 0.1) is 4.92 Å². The standard InChI is InChI=1S/C20H24N2O6S/c1-19(2,3)16-11-13(12-17(18(16)23)20(4,5)6)21-28-29(26,27)15-9-7-14(8-10-15)22(24)25/h7-12H,1-6H3. The summed E-state index contributed by atoms with van der Waals surface area (Å²) in [7, 11) is -4.28. The minimum absolute atomic E-state index is 0.109. The van der Waals surface area contributed by atoms with Gasteiger partial charge in [-0.3, -0.25) is 19.2 Å². The fourth-order valence-corrected chi connectivity index (χ4v) is 3.39. The van der Waals surface area contributed by atoms with Crippen molar-refractivity contribution in [3.05, 3.63) is 57.7 Å². The van der Waals surface area contributed by atoms with Crippen molar-refractivity contribution in [2.24, 2.45) is 16.0 Å². The van der Waals surface area contributed by atoms with Crippen LogP contribution in [0, 0.1) is 20.9 Å². The van der Waals surface area contributed by atoms with E-state index in [0.29, 0.717) is 11.1 Å². The molecule has 1 aromatic rings. The number of benzene rings is 1. The van der Waals surface area contributed by atoms with E-state index in [1.165, 1.54) is 12.2 Å². The molecule has 0 aromatic heterocycles. The molecule has 0 radical (unpaired) electrons. The van der Waals surface area contributed by atoms with Crippen LogP contribution in [0.3, 0.4) is 0 Å². The van der Waals surface area contributed by atoms with Crippen LogP contribution in [-0.4, -0.2) is 24.8 Å². The van der Waals surface area contributed by atoms with Gasteiger partial charge < -0.3 is 0 Å². The number of Topliss-reactive ketones (excluding diaryl/α,β-unsaturated/α-hetero) is 1. The Balaban J connectivity index is 2.42. The summed E-state index contributed by atoms with van der Waals surface area (Å²) >= 11 is 0. The third-order valence-electron chi connectivity index (χ3n) is 4.27. The van der Waals surface area contributed by atoms with E-state index in [2.05, 4.69) is 5.16 Å². The van der Waals surface area contributed by atoms with Crippen LogP contribution >= 0.6 is 0 Å². The van der Waals surface area contributed by atoms with Gasteiger partial charge in [-0.1, -0.05) is 46.7 Å². The van der Waals surface area contributed by atoms with Crippen LogP contribution in [0.5, 0.6) is 0 Å². The van der Waals surface area contributed by atoms with Gasteiger partial charge in [0, 0.05) is 23.3 Å². The summed E-state index contributed by atoms with van der Waals surface area (Å²) in [6, 6.07) is 4.28. The smallest absolute Gasteiger partial charge is 0.289 e. The van der Waals surface area contributed by atoms with Crippen LogP contribution in [0.25, 0.3) is 0 Å². The summed E-state index contributed by atoms with van der Waals surface area (Å²) in [6.45, 7) is 11.3. The zero-order valence-corrected chi connectivity index (χ0v) is 18.0. The third-order valence-corrected chi connectivity index (χ3v) is 5.39. The molecule has 2 rings (SSSR count). The van der Waals surface area contributed by atoms with Gasteiger partial charge in [-0.15, -0.1) is 0 Å². The molecule has 29 heavy (non-hydrogen) atoms. The van der Waals surface area contributed by atoms with Gasteiger partial charge in [-0.05, 0) is 35.1 Å². The highest BCUT2D eigenvalue weighted by atomic mass is 32.2. The van der Waals surface area contributed by atoms with Crippen LogP contribution in [0.4, 0.5) is 5.69 Å². The lowest BCUT2D eigenvalue weighted by Gasteiger charge is -2.30. The summed E-state index contributed by atoms with van der Waals surface area (Å²) < 4.78 is 29.5. The molecule has 0 saturated heterocycles. The van der Waals surface area contributed by atoms with E-state index in [9.17, 15) is 23.3 Å². The first-order valence-electron chi connectivity index (χ1n) is 8.88. The zero-order chi connectivity index (χ0) is 22.2. The number of nitro groups is 1. The third kappa shape index (κ3) is 5.17. The fourth-order valence-electron chi connectivity index (χ4n) is 2.65. The van der Waals surface area contributed by atoms with Crippen molar-refractivity contribution >= 4 is 27.3 Å². The van der Waals surface area contributed by atoms with E-state index in [1.54, 1.807) is 0 Å². The molecule has 0 spiro atoms. The fraction of sp³-hybridized carbons (Fsp3) is 0.400. The molecule has 0 amide bonds. The van der Waals surface area contributed by atoms with Crippen molar-refractivity contribution in [3.63, 3.8) is 0 Å². The van der Waals surface area contributed by atoms with E-state index >= 15 is 0 Å². The molecule has 0 saturated carbocycles. The van der Waals surface area contributed by atoms with E-state index in [1.807, 2.05) is 41.5 Å². The molecule has 0 atom stereocenters. The minimum Gasteiger partial charge on any atom is -0.289 e. The van der Waals surface area contributed by atoms with Crippen molar-refractivity contribution in [2.45, 2.75) is 46.4 Å². The minimum atomic E-state index is -4.28. The molecule has 0 heterocycles. The molecular formula is C20H24N2O6S. The maximum atomic E-state index is 12.9. The summed E-state index contributed by atoms with van der Waals surface area (Å²) in [5.41, 5.74) is 0.0150. The first-order chi connectivity index (χ1) is 13.1. The molecule has 0 N–H and O–H groups in total. The number of non-ortho nitro benzene ring substituents is 1. The quantitative estimate of drug-likeness (QED) is 0.410. The van der Waals surface area contributed by atoms with Crippen molar-refractivity contribution in [2.75, 3.05) is 0 Å². The number of nitrogens with zero attached hydrogens (tertiary/aromatic N) is 2. The Morgan fingerprint density at radius 2 is 1.38 bits per heavy atom. The Hall–Kier alpha value is -2.81. The highest BCUT2D eigenvalue weighted by Gasteiger charge is 2.34. The number of oxime groups is 1. The largest absolute Gasteiger partial charge is 0.358 e. The monoisotopic (exact) mass is 420 g/mol. The molecule has 0 bridgehead atoms. The molecule has 0 fully saturated rings. The predicted molar refractivity (Wildman–Crippen MR) is 109 cm³/mol. The number of hydrogen-bond acceptors (Lipinski definition) is 7. The maximum Gasteiger partial charge on any atom is 0.358 e. The Morgan fingerprint density at radius 1 is 0.931 bits per heavy atom. The van der Waals surface area contributed by atoms with E-state index in [0.717, 1.165) is 24.3 Å². The molecule has 1 aromatic carbocycles. The molecule has 1 aliphatic carbocycles. The Bertz CT molecular complexity index is 998. The van der Waals surface area contributed by atoms with Gasteiger partial charge >= 0.3 is 10.1 Å². The number of carbonyl (C=O) groups is 1. The second-order valence-corrected chi connectivity index (χ2v) is 10.3. The van der Waals surface area contributed by atoms with Crippen LogP contribution in [-0.2, 0) is 19.2 Å². The SMILES string of the molecule is CC(C)(C)C1=CC(=NOS(=O)(=O)c2ccc([N+](=O)[O-])cc2)C=C(C(C)(C)C)C1=O. The normalized spacial score (nSPS) is 15.5. The summed E-state index contributed by atoms with van der Waals surface area (Å²) in [5, 5.41) is 14.4. The molecular weight excluding hydrogens is 396 g/mol. The van der Waals surface area contributed by atoms with Gasteiger partial charge in [0.2, 0.25) is 0 Å². The van der Waals surface area contributed by atoms with Gasteiger partial charge in [-0.25, -0.2) is 0 Å². The van der Waals surface area contributed by atoms with Crippen molar-refractivity contribution in [3.8, 4) is 0 Å². The highest BCUT2D eigenvalue weighted by molar-refractivity contribution is 7.86. The first-order valence-corrected chi connectivity index (χ1v) is 10.3. The summed E-state index contributed by atoms with van der Waals surface area (Å²) in [6.07, 6.45) is 3.03. The van der Waals surface area contributed by atoms with Gasteiger partial charge in [0.1, 0.15) is 10.6 Å². The van der Waals surface area contributed by atoms with Crippen LogP contribution in [0.2, 0.25) is 0 Å². The van der Waals surface area contributed by atoms with Crippen LogP contribution in [0.1, 0.15) is 41.5 Å². The number of carbonyl (C=O) groups excluding carboxylic acids is 1. The average molecular weight is 420 g/mol.